The van der Waals surface area contributed by atoms with Gasteiger partial charge in [0.15, 0.2) is 4.34 Å². The fraction of sp³-hybridized carbons (Fsp3) is 0.500. The number of carbonyl (C=O) groups is 1. The minimum atomic E-state index is -0.198. The predicted molar refractivity (Wildman–Crippen MR) is 77.9 cm³/mol. The summed E-state index contributed by atoms with van der Waals surface area (Å²) in [4.78, 5) is 12.1. The largest absolute Gasteiger partial charge is 0.300 e. The first-order valence-corrected chi connectivity index (χ1v) is 8.17. The van der Waals surface area contributed by atoms with Crippen molar-refractivity contribution in [3.8, 4) is 0 Å². The Morgan fingerprint density at radius 2 is 1.89 bits per heavy atom. The first kappa shape index (κ1) is 14.4. The number of anilines is 1. The van der Waals surface area contributed by atoms with Crippen LogP contribution in [0.4, 0.5) is 5.13 Å². The first-order valence-electron chi connectivity index (χ1n) is 5.66. The summed E-state index contributed by atoms with van der Waals surface area (Å²) in [7, 11) is 0. The molecular formula is C10H13N5OS3. The maximum absolute atomic E-state index is 12.1. The molecule has 2 rings (SSSR count). The number of nitrogens with zero attached hydrogens (tertiary/aromatic N) is 4. The third-order valence-corrected chi connectivity index (χ3v) is 5.21. The molecule has 1 atom stereocenters. The molecule has 0 bridgehead atoms. The second-order valence-electron chi connectivity index (χ2n) is 3.72. The second-order valence-corrected chi connectivity index (χ2v) is 7.53. The van der Waals surface area contributed by atoms with Crippen molar-refractivity contribution < 1.29 is 4.79 Å². The van der Waals surface area contributed by atoms with Crippen molar-refractivity contribution in [1.82, 2.24) is 20.4 Å². The highest BCUT2D eigenvalue weighted by Crippen LogP contribution is 2.29. The van der Waals surface area contributed by atoms with E-state index >= 15 is 0 Å². The van der Waals surface area contributed by atoms with E-state index in [1.165, 1.54) is 34.4 Å². The van der Waals surface area contributed by atoms with Gasteiger partial charge >= 0.3 is 0 Å². The molecule has 0 aromatic carbocycles. The van der Waals surface area contributed by atoms with Gasteiger partial charge in [-0.05, 0) is 20.3 Å². The van der Waals surface area contributed by atoms with E-state index in [0.29, 0.717) is 11.6 Å². The lowest BCUT2D eigenvalue weighted by Gasteiger charge is -2.10. The Labute approximate surface area is 123 Å². The van der Waals surface area contributed by atoms with Crippen LogP contribution in [0.1, 0.15) is 23.4 Å². The van der Waals surface area contributed by atoms with Crippen molar-refractivity contribution in [1.29, 1.82) is 0 Å². The Morgan fingerprint density at radius 1 is 1.21 bits per heavy atom. The highest BCUT2D eigenvalue weighted by molar-refractivity contribution is 8.02. The van der Waals surface area contributed by atoms with Gasteiger partial charge in [-0.15, -0.1) is 20.4 Å². The van der Waals surface area contributed by atoms with Crippen molar-refractivity contribution in [3.63, 3.8) is 0 Å². The van der Waals surface area contributed by atoms with Crippen molar-refractivity contribution in [2.75, 3.05) is 5.32 Å². The van der Waals surface area contributed by atoms with E-state index in [1.807, 2.05) is 20.8 Å². The SMILES string of the molecule is CCC(Sc1nnc(C)s1)C(=O)Nc1nnc(C)s1. The van der Waals surface area contributed by atoms with Gasteiger partial charge in [0, 0.05) is 0 Å². The number of aromatic nitrogens is 4. The summed E-state index contributed by atoms with van der Waals surface area (Å²) in [6.07, 6.45) is 0.715. The first-order chi connectivity index (χ1) is 9.08. The molecule has 0 aliphatic heterocycles. The number of aryl methyl sites for hydroxylation is 2. The van der Waals surface area contributed by atoms with Gasteiger partial charge in [-0.1, -0.05) is 41.4 Å². The molecule has 2 heterocycles. The van der Waals surface area contributed by atoms with Gasteiger partial charge in [0.25, 0.3) is 0 Å². The smallest absolute Gasteiger partial charge is 0.239 e. The molecule has 0 saturated heterocycles. The van der Waals surface area contributed by atoms with Crippen LogP contribution in [0.25, 0.3) is 0 Å². The topological polar surface area (TPSA) is 80.7 Å². The standard InChI is InChI=1S/C10H13N5OS3/c1-4-7(19-10-15-13-6(3)18-10)8(16)11-9-14-12-5(2)17-9/h7H,4H2,1-3H3,(H,11,14,16). The number of carbonyl (C=O) groups excluding carboxylic acids is 1. The van der Waals surface area contributed by atoms with Crippen LogP contribution in [0, 0.1) is 13.8 Å². The second kappa shape index (κ2) is 6.40. The van der Waals surface area contributed by atoms with Crippen LogP contribution in [-0.2, 0) is 4.79 Å². The van der Waals surface area contributed by atoms with E-state index in [2.05, 4.69) is 25.7 Å². The lowest BCUT2D eigenvalue weighted by Crippen LogP contribution is -2.24. The van der Waals surface area contributed by atoms with Crippen LogP contribution in [0.15, 0.2) is 4.34 Å². The van der Waals surface area contributed by atoms with Crippen LogP contribution in [0.3, 0.4) is 0 Å². The number of rotatable bonds is 5. The molecule has 9 heteroatoms. The molecule has 2 aromatic rings. The van der Waals surface area contributed by atoms with Gasteiger partial charge in [-0.3, -0.25) is 10.1 Å². The lowest BCUT2D eigenvalue weighted by molar-refractivity contribution is -0.115. The van der Waals surface area contributed by atoms with E-state index < -0.39 is 0 Å². The molecule has 0 spiro atoms. The summed E-state index contributed by atoms with van der Waals surface area (Å²) in [5.74, 6) is -0.0727. The molecule has 0 radical (unpaired) electrons. The van der Waals surface area contributed by atoms with Crippen LogP contribution in [-0.4, -0.2) is 31.6 Å². The Balaban J connectivity index is 1.98. The molecule has 1 unspecified atom stereocenters. The Kier molecular flexibility index (Phi) is 4.83. The van der Waals surface area contributed by atoms with Gasteiger partial charge in [0.1, 0.15) is 10.0 Å². The van der Waals surface area contributed by atoms with Gasteiger partial charge in [0.05, 0.1) is 5.25 Å². The maximum atomic E-state index is 12.1. The average Bonchev–Trinajstić information content (AvgIpc) is 2.95. The summed E-state index contributed by atoms with van der Waals surface area (Å²) >= 11 is 4.29. The highest BCUT2D eigenvalue weighted by Gasteiger charge is 2.21. The monoisotopic (exact) mass is 315 g/mol. The summed E-state index contributed by atoms with van der Waals surface area (Å²) in [5.41, 5.74) is 0. The van der Waals surface area contributed by atoms with Crippen molar-refractivity contribution in [2.24, 2.45) is 0 Å². The van der Waals surface area contributed by atoms with Crippen LogP contribution < -0.4 is 5.32 Å². The Hall–Kier alpha value is -1.06. The summed E-state index contributed by atoms with van der Waals surface area (Å²) in [5, 5.41) is 20.6. The van der Waals surface area contributed by atoms with Crippen LogP contribution in [0.5, 0.6) is 0 Å². The number of nitrogens with one attached hydrogen (secondary N) is 1. The fourth-order valence-corrected chi connectivity index (χ4v) is 3.88. The van der Waals surface area contributed by atoms with Gasteiger partial charge in [-0.25, -0.2) is 0 Å². The normalized spacial score (nSPS) is 12.4. The van der Waals surface area contributed by atoms with E-state index in [1.54, 1.807) is 0 Å². The summed E-state index contributed by atoms with van der Waals surface area (Å²) in [6, 6.07) is 0. The molecule has 6 nitrogen and oxygen atoms in total. The van der Waals surface area contributed by atoms with Crippen molar-refractivity contribution >= 4 is 45.5 Å². The minimum Gasteiger partial charge on any atom is -0.300 e. The quantitative estimate of drug-likeness (QED) is 0.854. The van der Waals surface area contributed by atoms with Crippen LogP contribution >= 0.6 is 34.4 Å². The number of hydrogen-bond donors (Lipinski definition) is 1. The molecule has 1 N–H and O–H groups in total. The molecule has 102 valence electrons. The third kappa shape index (κ3) is 3.95. The molecule has 0 saturated carbocycles. The molecule has 19 heavy (non-hydrogen) atoms. The van der Waals surface area contributed by atoms with Crippen LogP contribution in [0.2, 0.25) is 0 Å². The Morgan fingerprint density at radius 3 is 2.42 bits per heavy atom. The van der Waals surface area contributed by atoms with Crippen molar-refractivity contribution in [2.45, 2.75) is 36.8 Å². The minimum absolute atomic E-state index is 0.0727. The van der Waals surface area contributed by atoms with Gasteiger partial charge in [-0.2, -0.15) is 0 Å². The van der Waals surface area contributed by atoms with E-state index in [-0.39, 0.29) is 11.2 Å². The maximum Gasteiger partial charge on any atom is 0.239 e. The Bertz CT molecular complexity index is 567. The van der Waals surface area contributed by atoms with Gasteiger partial charge < -0.3 is 0 Å². The molecular weight excluding hydrogens is 302 g/mol. The van der Waals surface area contributed by atoms with Gasteiger partial charge in [0.2, 0.25) is 11.0 Å². The van der Waals surface area contributed by atoms with E-state index in [0.717, 1.165) is 14.4 Å². The fourth-order valence-electron chi connectivity index (χ4n) is 1.30. The summed E-state index contributed by atoms with van der Waals surface area (Å²) < 4.78 is 0.813. The zero-order chi connectivity index (χ0) is 13.8. The molecule has 1 amide bonds. The zero-order valence-electron chi connectivity index (χ0n) is 10.7. The molecule has 0 fully saturated rings. The molecule has 2 aromatic heterocycles. The zero-order valence-corrected chi connectivity index (χ0v) is 13.2. The van der Waals surface area contributed by atoms with E-state index in [9.17, 15) is 4.79 Å². The number of amides is 1. The number of hydrogen-bond acceptors (Lipinski definition) is 8. The van der Waals surface area contributed by atoms with Crippen molar-refractivity contribution in [3.05, 3.63) is 10.0 Å². The lowest BCUT2D eigenvalue weighted by atomic mass is 10.3. The summed E-state index contributed by atoms with van der Waals surface area (Å²) in [6.45, 7) is 5.71. The molecule has 0 aliphatic rings. The average molecular weight is 315 g/mol. The predicted octanol–water partition coefficient (Wildman–Crippen LogP) is 2.52. The third-order valence-electron chi connectivity index (χ3n) is 2.17. The number of thioether (sulfide) groups is 1. The highest BCUT2D eigenvalue weighted by atomic mass is 32.2. The molecule has 0 aliphatic carbocycles. The van der Waals surface area contributed by atoms with E-state index in [4.69, 9.17) is 0 Å².